The van der Waals surface area contributed by atoms with E-state index < -0.39 is 0 Å². The summed E-state index contributed by atoms with van der Waals surface area (Å²) >= 11 is 7.33. The van der Waals surface area contributed by atoms with Crippen LogP contribution in [-0.2, 0) is 13.2 Å². The van der Waals surface area contributed by atoms with Crippen molar-refractivity contribution in [1.82, 2.24) is 9.88 Å². The number of carbonyl (C=O) groups excluding carboxylic acids is 1. The minimum absolute atomic E-state index is 0.00271. The molecular formula is C22H21ClN2O2S. The second-order valence-corrected chi connectivity index (χ2v) is 8.40. The van der Waals surface area contributed by atoms with E-state index >= 15 is 0 Å². The third-order valence-electron chi connectivity index (χ3n) is 4.67. The Bertz CT molecular complexity index is 949. The first-order valence-corrected chi connectivity index (χ1v) is 10.5. The summed E-state index contributed by atoms with van der Waals surface area (Å²) in [6, 6.07) is 15.9. The van der Waals surface area contributed by atoms with E-state index in [0.29, 0.717) is 29.9 Å². The quantitative estimate of drug-likeness (QED) is 0.515. The summed E-state index contributed by atoms with van der Waals surface area (Å²) in [6.45, 7) is 3.02. The maximum absolute atomic E-state index is 13.0. The zero-order valence-electron chi connectivity index (χ0n) is 15.6. The average molecular weight is 413 g/mol. The van der Waals surface area contributed by atoms with Crippen molar-refractivity contribution in [3.8, 4) is 5.75 Å². The van der Waals surface area contributed by atoms with Crippen molar-refractivity contribution in [2.75, 3.05) is 0 Å². The molecule has 0 atom stereocenters. The first-order chi connectivity index (χ1) is 13.6. The third kappa shape index (κ3) is 4.72. The first-order valence-electron chi connectivity index (χ1n) is 9.28. The number of halogens is 1. The van der Waals surface area contributed by atoms with Crippen molar-refractivity contribution in [2.24, 2.45) is 0 Å². The van der Waals surface area contributed by atoms with Crippen LogP contribution in [0, 0.1) is 6.92 Å². The molecule has 1 amide bonds. The van der Waals surface area contributed by atoms with Crippen LogP contribution in [0.5, 0.6) is 5.75 Å². The Morgan fingerprint density at radius 3 is 2.57 bits per heavy atom. The predicted octanol–water partition coefficient (Wildman–Crippen LogP) is 5.49. The van der Waals surface area contributed by atoms with Gasteiger partial charge in [-0.2, -0.15) is 0 Å². The van der Waals surface area contributed by atoms with Crippen molar-refractivity contribution in [1.29, 1.82) is 0 Å². The van der Waals surface area contributed by atoms with Gasteiger partial charge >= 0.3 is 0 Å². The molecule has 0 unspecified atom stereocenters. The number of carbonyl (C=O) groups is 1. The van der Waals surface area contributed by atoms with Gasteiger partial charge < -0.3 is 9.64 Å². The Labute approximate surface area is 173 Å². The number of benzene rings is 2. The number of thiazole rings is 1. The molecule has 0 saturated heterocycles. The molecule has 1 heterocycles. The highest BCUT2D eigenvalue weighted by Gasteiger charge is 2.34. The highest BCUT2D eigenvalue weighted by molar-refractivity contribution is 7.09. The lowest BCUT2D eigenvalue weighted by molar-refractivity contribution is 0.0724. The number of aromatic nitrogens is 1. The molecule has 28 heavy (non-hydrogen) atoms. The van der Waals surface area contributed by atoms with E-state index in [2.05, 4.69) is 36.2 Å². The topological polar surface area (TPSA) is 42.4 Å². The van der Waals surface area contributed by atoms with E-state index in [1.54, 1.807) is 12.1 Å². The SMILES string of the molecule is Cc1ccc(CN(C(=O)c2csc(COc3ccc(Cl)cc3)n2)C2CC2)cc1. The van der Waals surface area contributed by atoms with Crippen LogP contribution in [0.1, 0.15) is 39.5 Å². The van der Waals surface area contributed by atoms with E-state index in [0.717, 1.165) is 29.2 Å². The summed E-state index contributed by atoms with van der Waals surface area (Å²) in [5.74, 6) is 0.725. The van der Waals surface area contributed by atoms with Crippen LogP contribution in [0.3, 0.4) is 0 Å². The molecule has 1 aliphatic rings. The Morgan fingerprint density at radius 2 is 1.89 bits per heavy atom. The van der Waals surface area contributed by atoms with Crippen molar-refractivity contribution in [3.63, 3.8) is 0 Å². The van der Waals surface area contributed by atoms with E-state index in [-0.39, 0.29) is 5.91 Å². The van der Waals surface area contributed by atoms with Gasteiger partial charge in [0.1, 0.15) is 23.1 Å². The molecular weight excluding hydrogens is 392 g/mol. The number of aryl methyl sites for hydroxylation is 1. The van der Waals surface area contributed by atoms with Gasteiger partial charge in [-0.05, 0) is 49.6 Å². The highest BCUT2D eigenvalue weighted by atomic mass is 35.5. The van der Waals surface area contributed by atoms with E-state index in [1.807, 2.05) is 22.4 Å². The van der Waals surface area contributed by atoms with Gasteiger partial charge in [0.25, 0.3) is 5.91 Å². The molecule has 0 aliphatic heterocycles. The standard InChI is InChI=1S/C22H21ClN2O2S/c1-15-2-4-16(5-3-15)12-25(18-8-9-18)22(26)20-14-28-21(24-20)13-27-19-10-6-17(23)7-11-19/h2-7,10-11,14,18H,8-9,12-13H2,1H3. The molecule has 1 aliphatic carbocycles. The van der Waals surface area contributed by atoms with E-state index in [1.165, 1.54) is 16.9 Å². The van der Waals surface area contributed by atoms with E-state index in [4.69, 9.17) is 16.3 Å². The molecule has 4 nitrogen and oxygen atoms in total. The predicted molar refractivity (Wildman–Crippen MR) is 112 cm³/mol. The zero-order valence-corrected chi connectivity index (χ0v) is 17.2. The van der Waals surface area contributed by atoms with Gasteiger partial charge in [0.15, 0.2) is 0 Å². The summed E-state index contributed by atoms with van der Waals surface area (Å²) in [4.78, 5) is 19.5. The van der Waals surface area contributed by atoms with Crippen molar-refractivity contribution < 1.29 is 9.53 Å². The molecule has 1 aromatic heterocycles. The van der Waals surface area contributed by atoms with Crippen LogP contribution in [0.2, 0.25) is 5.02 Å². The fourth-order valence-electron chi connectivity index (χ4n) is 2.94. The highest BCUT2D eigenvalue weighted by Crippen LogP contribution is 2.30. The molecule has 0 spiro atoms. The number of hydrogen-bond acceptors (Lipinski definition) is 4. The molecule has 0 radical (unpaired) electrons. The minimum Gasteiger partial charge on any atom is -0.486 e. The van der Waals surface area contributed by atoms with Crippen LogP contribution in [0.4, 0.5) is 0 Å². The smallest absolute Gasteiger partial charge is 0.273 e. The maximum atomic E-state index is 13.0. The molecule has 0 bridgehead atoms. The van der Waals surface area contributed by atoms with Gasteiger partial charge in [-0.1, -0.05) is 41.4 Å². The molecule has 0 N–H and O–H groups in total. The van der Waals surface area contributed by atoms with Gasteiger partial charge in [0, 0.05) is 23.0 Å². The monoisotopic (exact) mass is 412 g/mol. The molecule has 144 valence electrons. The van der Waals surface area contributed by atoms with Crippen molar-refractivity contribution >= 4 is 28.8 Å². The lowest BCUT2D eigenvalue weighted by atomic mass is 10.1. The second kappa shape index (κ2) is 8.33. The lowest BCUT2D eigenvalue weighted by Crippen LogP contribution is -2.32. The third-order valence-corrected chi connectivity index (χ3v) is 5.74. The minimum atomic E-state index is -0.00271. The maximum Gasteiger partial charge on any atom is 0.273 e. The van der Waals surface area contributed by atoms with Crippen LogP contribution in [0.15, 0.2) is 53.9 Å². The molecule has 3 aromatic rings. The number of hydrogen-bond donors (Lipinski definition) is 0. The first kappa shape index (κ1) is 19.0. The Hall–Kier alpha value is -2.37. The molecule has 2 aromatic carbocycles. The summed E-state index contributed by atoms with van der Waals surface area (Å²) in [5.41, 5.74) is 2.86. The Balaban J connectivity index is 1.41. The number of rotatable bonds is 7. The van der Waals surface area contributed by atoms with Crippen LogP contribution >= 0.6 is 22.9 Å². The van der Waals surface area contributed by atoms with Crippen molar-refractivity contribution in [3.05, 3.63) is 80.8 Å². The number of ether oxygens (including phenoxy) is 1. The normalized spacial score (nSPS) is 13.4. The van der Waals surface area contributed by atoms with Gasteiger partial charge in [-0.15, -0.1) is 11.3 Å². The lowest BCUT2D eigenvalue weighted by Gasteiger charge is -2.21. The largest absolute Gasteiger partial charge is 0.486 e. The van der Waals surface area contributed by atoms with Crippen LogP contribution in [0.25, 0.3) is 0 Å². The Morgan fingerprint density at radius 1 is 1.18 bits per heavy atom. The number of nitrogens with zero attached hydrogens (tertiary/aromatic N) is 2. The van der Waals surface area contributed by atoms with Gasteiger partial charge in [0.05, 0.1) is 0 Å². The Kier molecular flexibility index (Phi) is 5.64. The average Bonchev–Trinajstić information content (AvgIpc) is 3.43. The molecule has 1 saturated carbocycles. The van der Waals surface area contributed by atoms with Gasteiger partial charge in [-0.3, -0.25) is 4.79 Å². The fraction of sp³-hybridized carbons (Fsp3) is 0.273. The summed E-state index contributed by atoms with van der Waals surface area (Å²) in [7, 11) is 0. The molecule has 6 heteroatoms. The molecule has 1 fully saturated rings. The van der Waals surface area contributed by atoms with E-state index in [9.17, 15) is 4.79 Å². The fourth-order valence-corrected chi connectivity index (χ4v) is 3.75. The summed E-state index contributed by atoms with van der Waals surface area (Å²) in [6.07, 6.45) is 2.13. The molecule has 4 rings (SSSR count). The zero-order chi connectivity index (χ0) is 19.5. The summed E-state index contributed by atoms with van der Waals surface area (Å²) < 4.78 is 5.73. The second-order valence-electron chi connectivity index (χ2n) is 7.02. The van der Waals surface area contributed by atoms with Crippen LogP contribution < -0.4 is 4.74 Å². The van der Waals surface area contributed by atoms with Crippen molar-refractivity contribution in [2.45, 2.75) is 39.0 Å². The van der Waals surface area contributed by atoms with Gasteiger partial charge in [-0.25, -0.2) is 4.98 Å². The number of amides is 1. The summed E-state index contributed by atoms with van der Waals surface area (Å²) in [5, 5.41) is 3.28. The van der Waals surface area contributed by atoms with Gasteiger partial charge in [0.2, 0.25) is 0 Å². The van der Waals surface area contributed by atoms with Crippen LogP contribution in [-0.4, -0.2) is 21.8 Å².